The summed E-state index contributed by atoms with van der Waals surface area (Å²) in [5, 5.41) is 0. The highest BCUT2D eigenvalue weighted by Gasteiger charge is 1.99. The molecule has 2 N–H and O–H groups in total. The van der Waals surface area contributed by atoms with E-state index in [1.807, 2.05) is 43.3 Å². The number of para-hydroxylation sites is 2. The average Bonchev–Trinajstić information content (AvgIpc) is 2.43. The molecule has 0 saturated carbocycles. The fourth-order valence-electron chi connectivity index (χ4n) is 1.81. The zero-order chi connectivity index (χ0) is 13.5. The molecule has 2 aromatic rings. The van der Waals surface area contributed by atoms with Crippen molar-refractivity contribution in [3.05, 3.63) is 54.1 Å². The Hall–Kier alpha value is -2.16. The number of anilines is 1. The van der Waals surface area contributed by atoms with Crippen molar-refractivity contribution in [2.45, 2.75) is 13.3 Å². The third-order valence-corrected chi connectivity index (χ3v) is 2.80. The second-order valence-corrected chi connectivity index (χ2v) is 4.21. The highest BCUT2D eigenvalue weighted by atomic mass is 16.5. The van der Waals surface area contributed by atoms with Gasteiger partial charge in [-0.25, -0.2) is 0 Å². The van der Waals surface area contributed by atoms with Crippen LogP contribution < -0.4 is 15.2 Å². The maximum Gasteiger partial charge on any atom is 0.142 e. The molecular formula is C16H19NO2. The summed E-state index contributed by atoms with van der Waals surface area (Å²) in [7, 11) is 0. The van der Waals surface area contributed by atoms with Crippen molar-refractivity contribution >= 4 is 5.69 Å². The average molecular weight is 257 g/mol. The molecule has 0 radical (unpaired) electrons. The molecule has 0 saturated heterocycles. The van der Waals surface area contributed by atoms with Gasteiger partial charge >= 0.3 is 0 Å². The smallest absolute Gasteiger partial charge is 0.142 e. The molecule has 19 heavy (non-hydrogen) atoms. The largest absolute Gasteiger partial charge is 0.494 e. The Kier molecular flexibility index (Phi) is 4.67. The molecule has 0 aromatic heterocycles. The van der Waals surface area contributed by atoms with E-state index >= 15 is 0 Å². The lowest BCUT2D eigenvalue weighted by molar-refractivity contribution is 0.323. The molecule has 0 aliphatic carbocycles. The minimum Gasteiger partial charge on any atom is -0.494 e. The summed E-state index contributed by atoms with van der Waals surface area (Å²) in [5.74, 6) is 1.65. The van der Waals surface area contributed by atoms with Crippen LogP contribution in [0.1, 0.15) is 12.5 Å². The lowest BCUT2D eigenvalue weighted by atomic mass is 10.1. The van der Waals surface area contributed by atoms with Crippen molar-refractivity contribution < 1.29 is 9.47 Å². The molecule has 0 unspecified atom stereocenters. The second-order valence-electron chi connectivity index (χ2n) is 4.21. The molecule has 2 rings (SSSR count). The van der Waals surface area contributed by atoms with Crippen molar-refractivity contribution in [1.82, 2.24) is 0 Å². The summed E-state index contributed by atoms with van der Waals surface area (Å²) < 4.78 is 11.1. The predicted molar refractivity (Wildman–Crippen MR) is 77.7 cm³/mol. The number of nitrogens with two attached hydrogens (primary N) is 1. The van der Waals surface area contributed by atoms with Crippen molar-refractivity contribution in [1.29, 1.82) is 0 Å². The van der Waals surface area contributed by atoms with Gasteiger partial charge < -0.3 is 15.2 Å². The molecule has 0 atom stereocenters. The lowest BCUT2D eigenvalue weighted by Crippen LogP contribution is -2.03. The normalized spacial score (nSPS) is 10.2. The minimum absolute atomic E-state index is 0.613. The van der Waals surface area contributed by atoms with Crippen LogP contribution in [-0.2, 0) is 6.42 Å². The van der Waals surface area contributed by atoms with Gasteiger partial charge in [-0.3, -0.25) is 0 Å². The summed E-state index contributed by atoms with van der Waals surface area (Å²) in [6.45, 7) is 3.28. The van der Waals surface area contributed by atoms with Gasteiger partial charge in [-0.05, 0) is 36.8 Å². The molecule has 0 bridgehead atoms. The Morgan fingerprint density at radius 2 is 1.68 bits per heavy atom. The molecular weight excluding hydrogens is 238 g/mol. The molecule has 0 fully saturated rings. The zero-order valence-electron chi connectivity index (χ0n) is 11.1. The standard InChI is InChI=1S/C16H19NO2/c1-2-18-14-9-7-13(8-10-14)11-12-19-16-6-4-3-5-15(16)17/h3-10H,2,11-12,17H2,1H3. The van der Waals surface area contributed by atoms with Crippen molar-refractivity contribution in [2.75, 3.05) is 18.9 Å². The first-order valence-corrected chi connectivity index (χ1v) is 6.48. The van der Waals surface area contributed by atoms with E-state index in [1.54, 1.807) is 0 Å². The number of rotatable bonds is 6. The van der Waals surface area contributed by atoms with E-state index in [0.29, 0.717) is 18.9 Å². The first-order valence-electron chi connectivity index (χ1n) is 6.48. The van der Waals surface area contributed by atoms with Crippen molar-refractivity contribution in [3.8, 4) is 11.5 Å². The van der Waals surface area contributed by atoms with Crippen LogP contribution >= 0.6 is 0 Å². The van der Waals surface area contributed by atoms with E-state index in [4.69, 9.17) is 15.2 Å². The maximum absolute atomic E-state index is 5.81. The molecule has 0 spiro atoms. The fraction of sp³-hybridized carbons (Fsp3) is 0.250. The lowest BCUT2D eigenvalue weighted by Gasteiger charge is -2.09. The van der Waals surface area contributed by atoms with Gasteiger partial charge in [-0.1, -0.05) is 24.3 Å². The quantitative estimate of drug-likeness (QED) is 0.808. The van der Waals surface area contributed by atoms with Gasteiger partial charge in [0.05, 0.1) is 18.9 Å². The molecule has 0 aliphatic rings. The third kappa shape index (κ3) is 3.91. The van der Waals surface area contributed by atoms with E-state index in [1.165, 1.54) is 5.56 Å². The Morgan fingerprint density at radius 1 is 0.947 bits per heavy atom. The Balaban J connectivity index is 1.84. The van der Waals surface area contributed by atoms with Crippen molar-refractivity contribution in [3.63, 3.8) is 0 Å². The van der Waals surface area contributed by atoms with E-state index < -0.39 is 0 Å². The Bertz CT molecular complexity index is 508. The summed E-state index contributed by atoms with van der Waals surface area (Å²) in [6.07, 6.45) is 0.848. The molecule has 3 nitrogen and oxygen atoms in total. The first kappa shape index (κ1) is 13.3. The first-order chi connectivity index (χ1) is 9.29. The topological polar surface area (TPSA) is 44.5 Å². The molecule has 0 heterocycles. The molecule has 100 valence electrons. The van der Waals surface area contributed by atoms with Crippen LogP contribution in [0.2, 0.25) is 0 Å². The molecule has 0 aliphatic heterocycles. The van der Waals surface area contributed by atoms with Gasteiger partial charge in [0.15, 0.2) is 0 Å². The van der Waals surface area contributed by atoms with E-state index in [9.17, 15) is 0 Å². The molecule has 2 aromatic carbocycles. The third-order valence-electron chi connectivity index (χ3n) is 2.80. The van der Waals surface area contributed by atoms with Crippen molar-refractivity contribution in [2.24, 2.45) is 0 Å². The maximum atomic E-state index is 5.81. The van der Waals surface area contributed by atoms with Gasteiger partial charge in [0.25, 0.3) is 0 Å². The van der Waals surface area contributed by atoms with Crippen LogP contribution in [0.5, 0.6) is 11.5 Å². The van der Waals surface area contributed by atoms with Gasteiger partial charge in [0, 0.05) is 6.42 Å². The zero-order valence-corrected chi connectivity index (χ0v) is 11.1. The molecule has 0 amide bonds. The van der Waals surface area contributed by atoms with Gasteiger partial charge in [0.1, 0.15) is 11.5 Å². The van der Waals surface area contributed by atoms with E-state index in [2.05, 4.69) is 12.1 Å². The van der Waals surface area contributed by atoms with Gasteiger partial charge in [-0.15, -0.1) is 0 Å². The van der Waals surface area contributed by atoms with Gasteiger partial charge in [-0.2, -0.15) is 0 Å². The van der Waals surface area contributed by atoms with Crippen LogP contribution in [0.3, 0.4) is 0 Å². The number of ether oxygens (including phenoxy) is 2. The predicted octanol–water partition coefficient (Wildman–Crippen LogP) is 3.29. The van der Waals surface area contributed by atoms with E-state index in [-0.39, 0.29) is 0 Å². The Labute approximate surface area is 114 Å². The minimum atomic E-state index is 0.613. The van der Waals surface area contributed by atoms with E-state index in [0.717, 1.165) is 17.9 Å². The number of hydrogen-bond acceptors (Lipinski definition) is 3. The van der Waals surface area contributed by atoms with Crippen LogP contribution in [0.25, 0.3) is 0 Å². The SMILES string of the molecule is CCOc1ccc(CCOc2ccccc2N)cc1. The number of hydrogen-bond donors (Lipinski definition) is 1. The Morgan fingerprint density at radius 3 is 2.37 bits per heavy atom. The highest BCUT2D eigenvalue weighted by Crippen LogP contribution is 2.20. The monoisotopic (exact) mass is 257 g/mol. The fourth-order valence-corrected chi connectivity index (χ4v) is 1.81. The van der Waals surface area contributed by atoms with Crippen LogP contribution in [0.15, 0.2) is 48.5 Å². The van der Waals surface area contributed by atoms with Crippen LogP contribution in [-0.4, -0.2) is 13.2 Å². The summed E-state index contributed by atoms with van der Waals surface area (Å²) in [4.78, 5) is 0. The second kappa shape index (κ2) is 6.69. The summed E-state index contributed by atoms with van der Waals surface area (Å²) >= 11 is 0. The highest BCUT2D eigenvalue weighted by molar-refractivity contribution is 5.51. The summed E-state index contributed by atoms with van der Waals surface area (Å²) in [6, 6.07) is 15.6. The number of nitrogen functional groups attached to an aromatic ring is 1. The van der Waals surface area contributed by atoms with Gasteiger partial charge in [0.2, 0.25) is 0 Å². The summed E-state index contributed by atoms with van der Waals surface area (Å²) in [5.41, 5.74) is 7.71. The molecule has 3 heteroatoms. The van der Waals surface area contributed by atoms with Crippen LogP contribution in [0, 0.1) is 0 Å². The van der Waals surface area contributed by atoms with Crippen LogP contribution in [0.4, 0.5) is 5.69 Å². The number of benzene rings is 2.